The molecule has 0 bridgehead atoms. The molecule has 94 valence electrons. The van der Waals surface area contributed by atoms with Crippen LogP contribution in [0, 0.1) is 0 Å². The van der Waals surface area contributed by atoms with Crippen molar-refractivity contribution in [3.8, 4) is 0 Å². The maximum Gasteiger partial charge on any atom is 0.405 e. The Labute approximate surface area is 101 Å². The topological polar surface area (TPSA) is 55.0 Å². The van der Waals surface area contributed by atoms with E-state index in [0.717, 1.165) is 4.90 Å². The summed E-state index contributed by atoms with van der Waals surface area (Å²) in [4.78, 5) is 8.54. The number of alkyl halides is 3. The van der Waals surface area contributed by atoms with Crippen molar-refractivity contribution < 1.29 is 13.2 Å². The van der Waals surface area contributed by atoms with Gasteiger partial charge in [0, 0.05) is 6.04 Å². The molecule has 1 aliphatic rings. The van der Waals surface area contributed by atoms with E-state index in [-0.39, 0.29) is 22.8 Å². The summed E-state index contributed by atoms with van der Waals surface area (Å²) in [5.41, 5.74) is 5.36. The van der Waals surface area contributed by atoms with Crippen molar-refractivity contribution in [3.05, 3.63) is 11.2 Å². The van der Waals surface area contributed by atoms with Gasteiger partial charge in [0.2, 0.25) is 5.95 Å². The predicted molar refractivity (Wildman–Crippen MR) is 57.9 cm³/mol. The van der Waals surface area contributed by atoms with Gasteiger partial charge in [-0.25, -0.2) is 4.98 Å². The average molecular weight is 267 g/mol. The summed E-state index contributed by atoms with van der Waals surface area (Å²) in [6.07, 6.45) is -1.68. The molecule has 0 saturated heterocycles. The van der Waals surface area contributed by atoms with Crippen molar-refractivity contribution in [2.75, 3.05) is 17.2 Å². The van der Waals surface area contributed by atoms with Crippen LogP contribution >= 0.6 is 11.6 Å². The van der Waals surface area contributed by atoms with Crippen molar-refractivity contribution in [1.82, 2.24) is 9.97 Å². The van der Waals surface area contributed by atoms with E-state index in [0.29, 0.717) is 12.8 Å². The smallest absolute Gasteiger partial charge is 0.368 e. The standard InChI is InChI=1S/C9H10ClF3N4/c10-6-3-15-8(14)16-7(6)17(5-1-2-5)4-9(11,12)13/h3,5H,1-2,4H2,(H2,14,15,16). The molecule has 0 spiro atoms. The first kappa shape index (κ1) is 12.2. The molecule has 1 aliphatic carbocycles. The number of rotatable bonds is 3. The van der Waals surface area contributed by atoms with Crippen LogP contribution in [0.15, 0.2) is 6.20 Å². The molecule has 1 heterocycles. The summed E-state index contributed by atoms with van der Waals surface area (Å²) in [6.45, 7) is -1.08. The zero-order valence-corrected chi connectivity index (χ0v) is 9.46. The Bertz CT molecular complexity index is 419. The van der Waals surface area contributed by atoms with Gasteiger partial charge in [-0.2, -0.15) is 18.2 Å². The van der Waals surface area contributed by atoms with E-state index in [1.807, 2.05) is 0 Å². The second kappa shape index (κ2) is 4.21. The first-order chi connectivity index (χ1) is 7.87. The Morgan fingerprint density at radius 1 is 1.47 bits per heavy atom. The summed E-state index contributed by atoms with van der Waals surface area (Å²) in [7, 11) is 0. The quantitative estimate of drug-likeness (QED) is 0.912. The molecule has 0 radical (unpaired) electrons. The van der Waals surface area contributed by atoms with Gasteiger partial charge in [-0.1, -0.05) is 11.6 Å². The predicted octanol–water partition coefficient (Wildman–Crippen LogP) is 2.24. The monoisotopic (exact) mass is 266 g/mol. The maximum absolute atomic E-state index is 12.5. The van der Waals surface area contributed by atoms with E-state index in [4.69, 9.17) is 17.3 Å². The Kier molecular flexibility index (Phi) is 3.03. The number of nitrogens with two attached hydrogens (primary N) is 1. The van der Waals surface area contributed by atoms with Gasteiger partial charge in [-0.15, -0.1) is 0 Å². The van der Waals surface area contributed by atoms with Gasteiger partial charge >= 0.3 is 6.18 Å². The molecular weight excluding hydrogens is 257 g/mol. The number of hydrogen-bond acceptors (Lipinski definition) is 4. The highest BCUT2D eigenvalue weighted by molar-refractivity contribution is 6.32. The number of aromatic nitrogens is 2. The molecule has 2 rings (SSSR count). The minimum atomic E-state index is -4.30. The van der Waals surface area contributed by atoms with Crippen LogP contribution in [0.5, 0.6) is 0 Å². The number of halogens is 4. The van der Waals surface area contributed by atoms with Crippen molar-refractivity contribution in [3.63, 3.8) is 0 Å². The number of nitrogens with zero attached hydrogens (tertiary/aromatic N) is 3. The van der Waals surface area contributed by atoms with Gasteiger partial charge in [-0.05, 0) is 12.8 Å². The molecule has 0 aliphatic heterocycles. The zero-order chi connectivity index (χ0) is 12.6. The molecule has 8 heteroatoms. The first-order valence-electron chi connectivity index (χ1n) is 4.98. The maximum atomic E-state index is 12.5. The first-order valence-corrected chi connectivity index (χ1v) is 5.36. The van der Waals surface area contributed by atoms with Crippen molar-refractivity contribution in [2.45, 2.75) is 25.1 Å². The van der Waals surface area contributed by atoms with Gasteiger partial charge in [0.25, 0.3) is 0 Å². The van der Waals surface area contributed by atoms with Gasteiger partial charge in [-0.3, -0.25) is 0 Å². The molecule has 0 amide bonds. The fourth-order valence-electron chi connectivity index (χ4n) is 1.53. The second-order valence-electron chi connectivity index (χ2n) is 3.87. The molecule has 1 saturated carbocycles. The third kappa shape index (κ3) is 3.12. The van der Waals surface area contributed by atoms with Crippen molar-refractivity contribution >= 4 is 23.4 Å². The molecule has 1 fully saturated rings. The molecule has 0 aromatic carbocycles. The van der Waals surface area contributed by atoms with E-state index in [2.05, 4.69) is 9.97 Å². The van der Waals surface area contributed by atoms with E-state index < -0.39 is 12.7 Å². The highest BCUT2D eigenvalue weighted by atomic mass is 35.5. The number of nitrogen functional groups attached to an aromatic ring is 1. The van der Waals surface area contributed by atoms with Crippen molar-refractivity contribution in [2.24, 2.45) is 0 Å². The number of anilines is 2. The summed E-state index contributed by atoms with van der Waals surface area (Å²) in [5, 5.41) is 0.0790. The lowest BCUT2D eigenvalue weighted by Gasteiger charge is -2.25. The Morgan fingerprint density at radius 3 is 2.65 bits per heavy atom. The Morgan fingerprint density at radius 2 is 2.12 bits per heavy atom. The molecule has 17 heavy (non-hydrogen) atoms. The summed E-state index contributed by atoms with van der Waals surface area (Å²) < 4.78 is 37.4. The van der Waals surface area contributed by atoms with E-state index in [9.17, 15) is 13.2 Å². The molecule has 1 aromatic rings. The SMILES string of the molecule is Nc1ncc(Cl)c(N(CC(F)(F)F)C2CC2)n1. The van der Waals surface area contributed by atoms with Gasteiger partial charge < -0.3 is 10.6 Å². The lowest BCUT2D eigenvalue weighted by Crippen LogP contribution is -2.36. The van der Waals surface area contributed by atoms with Crippen LogP contribution in [0.4, 0.5) is 24.9 Å². The molecule has 4 nitrogen and oxygen atoms in total. The number of hydrogen-bond donors (Lipinski definition) is 1. The Hall–Kier alpha value is -1.24. The van der Waals surface area contributed by atoms with Crippen LogP contribution in [0.2, 0.25) is 5.02 Å². The molecule has 2 N–H and O–H groups in total. The highest BCUT2D eigenvalue weighted by Gasteiger charge is 2.39. The molecular formula is C9H10ClF3N4. The molecule has 0 atom stereocenters. The van der Waals surface area contributed by atoms with Crippen molar-refractivity contribution in [1.29, 1.82) is 0 Å². The summed E-state index contributed by atoms with van der Waals surface area (Å²) >= 11 is 5.80. The summed E-state index contributed by atoms with van der Waals surface area (Å²) in [6, 6.07) is -0.163. The molecule has 1 aromatic heterocycles. The fourth-order valence-corrected chi connectivity index (χ4v) is 1.73. The second-order valence-corrected chi connectivity index (χ2v) is 4.28. The van der Waals surface area contributed by atoms with Crippen LogP contribution in [-0.4, -0.2) is 28.7 Å². The minimum absolute atomic E-state index is 0.0546. The zero-order valence-electron chi connectivity index (χ0n) is 8.71. The van der Waals surface area contributed by atoms with E-state index >= 15 is 0 Å². The van der Waals surface area contributed by atoms with Crippen LogP contribution < -0.4 is 10.6 Å². The van der Waals surface area contributed by atoms with E-state index in [1.165, 1.54) is 6.20 Å². The van der Waals surface area contributed by atoms with Crippen LogP contribution in [0.1, 0.15) is 12.8 Å². The fraction of sp³-hybridized carbons (Fsp3) is 0.556. The third-order valence-corrected chi connectivity index (χ3v) is 2.62. The van der Waals surface area contributed by atoms with Crippen LogP contribution in [0.25, 0.3) is 0 Å². The summed E-state index contributed by atoms with van der Waals surface area (Å²) in [5.74, 6) is -0.0313. The molecule has 0 unspecified atom stereocenters. The van der Waals surface area contributed by atoms with Gasteiger partial charge in [0.15, 0.2) is 5.82 Å². The normalized spacial score (nSPS) is 16.0. The Balaban J connectivity index is 2.29. The lowest BCUT2D eigenvalue weighted by molar-refractivity contribution is -0.120. The van der Waals surface area contributed by atoms with Gasteiger partial charge in [0.1, 0.15) is 11.6 Å². The third-order valence-electron chi connectivity index (χ3n) is 2.35. The average Bonchev–Trinajstić information content (AvgIpc) is 3.00. The van der Waals surface area contributed by atoms with E-state index in [1.54, 1.807) is 0 Å². The highest BCUT2D eigenvalue weighted by Crippen LogP contribution is 2.36. The van der Waals surface area contributed by atoms with Crippen LogP contribution in [-0.2, 0) is 0 Å². The van der Waals surface area contributed by atoms with Crippen LogP contribution in [0.3, 0.4) is 0 Å². The minimum Gasteiger partial charge on any atom is -0.368 e. The van der Waals surface area contributed by atoms with Gasteiger partial charge in [0.05, 0.1) is 6.20 Å². The lowest BCUT2D eigenvalue weighted by atomic mass is 10.4. The largest absolute Gasteiger partial charge is 0.405 e.